The number of anilines is 1. The van der Waals surface area contributed by atoms with Crippen LogP contribution in [-0.4, -0.2) is 67.3 Å². The van der Waals surface area contributed by atoms with Gasteiger partial charge in [0, 0.05) is 18.2 Å². The largest absolute Gasteiger partial charge is 0.495 e. The molecule has 2 fully saturated rings. The van der Waals surface area contributed by atoms with E-state index in [1.54, 1.807) is 13.0 Å². The maximum Gasteiger partial charge on any atom is 0.274 e. The predicted octanol–water partition coefficient (Wildman–Crippen LogP) is 2.63. The molecule has 0 bridgehead atoms. The van der Waals surface area contributed by atoms with Gasteiger partial charge in [0.25, 0.3) is 5.91 Å². The minimum absolute atomic E-state index is 0.0139. The standard InChI is InChI=1S/C22H26FN5O5S/c1-13(29)28-10-22(11-28)20(24)27-21(2,12-34(22,31)32)16-8-14(4-6-17(16)23)26-19(30)18-7-5-15(33-3)9-25-18/h4-9,31-32H,10-12H2,1-3H3,(H2,24,27)(H,26,30)/t21-/m0/s1. The number of hydrogen-bond donors (Lipinski definition) is 5. The number of benzene rings is 1. The van der Waals surface area contributed by atoms with E-state index in [9.17, 15) is 23.1 Å². The molecule has 2 aromatic rings. The van der Waals surface area contributed by atoms with Crippen LogP contribution >= 0.6 is 10.6 Å². The molecule has 1 aromatic carbocycles. The van der Waals surface area contributed by atoms with Gasteiger partial charge < -0.3 is 20.3 Å². The van der Waals surface area contributed by atoms with E-state index in [0.717, 1.165) is 0 Å². The monoisotopic (exact) mass is 491 g/mol. The van der Waals surface area contributed by atoms with Crippen LogP contribution in [0.4, 0.5) is 10.1 Å². The molecule has 2 aliphatic heterocycles. The van der Waals surface area contributed by atoms with Crippen molar-refractivity contribution in [1.82, 2.24) is 15.2 Å². The van der Waals surface area contributed by atoms with Gasteiger partial charge in [-0.1, -0.05) is 0 Å². The lowest BCUT2D eigenvalue weighted by molar-refractivity contribution is -0.132. The number of pyridine rings is 1. The van der Waals surface area contributed by atoms with Crippen LogP contribution < -0.4 is 15.4 Å². The van der Waals surface area contributed by atoms with Gasteiger partial charge in [0.2, 0.25) is 5.91 Å². The van der Waals surface area contributed by atoms with Crippen molar-refractivity contribution in [2.45, 2.75) is 24.1 Å². The van der Waals surface area contributed by atoms with Crippen molar-refractivity contribution in [3.05, 3.63) is 53.6 Å². The molecule has 1 atom stereocenters. The number of halogens is 1. The van der Waals surface area contributed by atoms with Crippen LogP contribution in [0, 0.1) is 11.2 Å². The first-order valence-electron chi connectivity index (χ1n) is 10.4. The lowest BCUT2D eigenvalue weighted by Gasteiger charge is -2.64. The van der Waals surface area contributed by atoms with E-state index in [1.165, 1.54) is 49.4 Å². The van der Waals surface area contributed by atoms with Crippen LogP contribution in [0.15, 0.2) is 36.5 Å². The van der Waals surface area contributed by atoms with Crippen LogP contribution in [0.2, 0.25) is 0 Å². The van der Waals surface area contributed by atoms with Gasteiger partial charge in [-0.05, 0) is 37.3 Å². The molecule has 4 rings (SSSR count). The average Bonchev–Trinajstić information content (AvgIpc) is 2.72. The van der Waals surface area contributed by atoms with Crippen molar-refractivity contribution < 1.29 is 27.8 Å². The molecule has 182 valence electrons. The summed E-state index contributed by atoms with van der Waals surface area (Å²) in [6.07, 6.45) is 1.40. The Hall–Kier alpha value is -3.22. The first kappa shape index (κ1) is 23.9. The van der Waals surface area contributed by atoms with Crippen molar-refractivity contribution >= 4 is 33.9 Å². The molecule has 2 amide bonds. The summed E-state index contributed by atoms with van der Waals surface area (Å²) in [5.41, 5.74) is -0.861. The van der Waals surface area contributed by atoms with Crippen LogP contribution in [0.5, 0.6) is 5.75 Å². The Bertz CT molecular complexity index is 1170. The zero-order valence-corrected chi connectivity index (χ0v) is 19.7. The summed E-state index contributed by atoms with van der Waals surface area (Å²) in [7, 11) is -1.93. The summed E-state index contributed by atoms with van der Waals surface area (Å²) in [4.78, 5) is 29.6. The number of nitrogens with zero attached hydrogens (tertiary/aromatic N) is 2. The number of aromatic nitrogens is 1. The van der Waals surface area contributed by atoms with Gasteiger partial charge in [-0.15, -0.1) is 0 Å². The normalized spacial score (nSPS) is 23.5. The Kier molecular flexibility index (Phi) is 5.78. The van der Waals surface area contributed by atoms with E-state index in [1.807, 2.05) is 0 Å². The van der Waals surface area contributed by atoms with Gasteiger partial charge in [-0.25, -0.2) is 9.37 Å². The summed E-state index contributed by atoms with van der Waals surface area (Å²) in [5, 5.41) is 14.1. The molecule has 10 nitrogen and oxygen atoms in total. The number of methoxy groups -OCH3 is 1. The van der Waals surface area contributed by atoms with Crippen LogP contribution in [-0.2, 0) is 10.3 Å². The zero-order valence-electron chi connectivity index (χ0n) is 18.9. The maximum absolute atomic E-state index is 14.9. The van der Waals surface area contributed by atoms with E-state index >= 15 is 0 Å². The number of nitrogens with one attached hydrogen (secondary N) is 3. The highest BCUT2D eigenvalue weighted by atomic mass is 32.3. The molecule has 5 N–H and O–H groups in total. The first-order chi connectivity index (χ1) is 15.9. The highest BCUT2D eigenvalue weighted by molar-refractivity contribution is 8.26. The Morgan fingerprint density at radius 1 is 1.29 bits per heavy atom. The smallest absolute Gasteiger partial charge is 0.274 e. The van der Waals surface area contributed by atoms with Gasteiger partial charge in [0.15, 0.2) is 4.75 Å². The van der Waals surface area contributed by atoms with Crippen molar-refractivity contribution in [2.24, 2.45) is 0 Å². The van der Waals surface area contributed by atoms with Crippen LogP contribution in [0.1, 0.15) is 29.9 Å². The molecule has 0 saturated carbocycles. The molecular weight excluding hydrogens is 465 g/mol. The summed E-state index contributed by atoms with van der Waals surface area (Å²) in [5.74, 6) is -1.29. The molecule has 12 heteroatoms. The Morgan fingerprint density at radius 2 is 2.00 bits per heavy atom. The Morgan fingerprint density at radius 3 is 2.56 bits per heavy atom. The predicted molar refractivity (Wildman–Crippen MR) is 126 cm³/mol. The molecule has 2 saturated heterocycles. The fourth-order valence-corrected chi connectivity index (χ4v) is 6.70. The van der Waals surface area contributed by atoms with Crippen LogP contribution in [0.3, 0.4) is 0 Å². The molecular formula is C22H26FN5O5S. The number of amidine groups is 1. The molecule has 1 aromatic heterocycles. The quantitative estimate of drug-likeness (QED) is 0.442. The second kappa shape index (κ2) is 8.22. The van der Waals surface area contributed by atoms with E-state index < -0.39 is 32.6 Å². The van der Waals surface area contributed by atoms with Gasteiger partial charge in [0.1, 0.15) is 23.1 Å². The summed E-state index contributed by atoms with van der Waals surface area (Å²) in [6.45, 7) is 2.97. The minimum Gasteiger partial charge on any atom is -0.495 e. The topological polar surface area (TPSA) is 148 Å². The van der Waals surface area contributed by atoms with Crippen LogP contribution in [0.25, 0.3) is 0 Å². The average molecular weight is 492 g/mol. The highest BCUT2D eigenvalue weighted by Crippen LogP contribution is 2.62. The van der Waals surface area contributed by atoms with Gasteiger partial charge in [-0.3, -0.25) is 24.1 Å². The number of likely N-dealkylation sites (tertiary alicyclic amines) is 1. The fraction of sp³-hybridized carbons (Fsp3) is 0.364. The summed E-state index contributed by atoms with van der Waals surface area (Å²) < 4.78 is 40.7. The van der Waals surface area contributed by atoms with E-state index in [0.29, 0.717) is 5.75 Å². The lowest BCUT2D eigenvalue weighted by Crippen LogP contribution is -2.76. The molecule has 34 heavy (non-hydrogen) atoms. The Balaban J connectivity index is 1.58. The van der Waals surface area contributed by atoms with Gasteiger partial charge in [-0.2, -0.15) is 10.6 Å². The zero-order chi connectivity index (χ0) is 24.9. The summed E-state index contributed by atoms with van der Waals surface area (Å²) in [6, 6.07) is 7.02. The number of carbonyl (C=O) groups is 2. The van der Waals surface area contributed by atoms with Crippen molar-refractivity contribution in [3.63, 3.8) is 0 Å². The molecule has 0 radical (unpaired) electrons. The fourth-order valence-electron chi connectivity index (χ4n) is 4.29. The maximum atomic E-state index is 14.9. The third kappa shape index (κ3) is 3.87. The summed E-state index contributed by atoms with van der Waals surface area (Å²) >= 11 is 0. The molecule has 2 aliphatic rings. The highest BCUT2D eigenvalue weighted by Gasteiger charge is 2.62. The minimum atomic E-state index is -3.42. The van der Waals surface area contributed by atoms with E-state index in [-0.39, 0.29) is 47.5 Å². The second-order valence-corrected chi connectivity index (χ2v) is 11.1. The van der Waals surface area contributed by atoms with E-state index in [4.69, 9.17) is 10.1 Å². The molecule has 0 aliphatic carbocycles. The lowest BCUT2D eigenvalue weighted by atomic mass is 9.89. The molecule has 0 unspecified atom stereocenters. The number of amides is 2. The molecule has 3 heterocycles. The third-order valence-electron chi connectivity index (χ3n) is 6.33. The van der Waals surface area contributed by atoms with Crippen molar-refractivity contribution in [2.75, 3.05) is 31.3 Å². The number of carbonyl (C=O) groups excluding carboxylic acids is 2. The third-order valence-corrected chi connectivity index (χ3v) is 9.03. The molecule has 1 spiro atoms. The first-order valence-corrected chi connectivity index (χ1v) is 12.1. The van der Waals surface area contributed by atoms with Gasteiger partial charge in [0.05, 0.1) is 37.7 Å². The number of ether oxygens (including phenoxy) is 1. The SMILES string of the molecule is COc1ccc(C(=O)Nc2ccc(F)c([C@]3(C)CS(O)(O)C4(CN(C(C)=O)C4)C(=N)N3)c2)nc1. The number of hydrogen-bond acceptors (Lipinski definition) is 7. The Labute approximate surface area is 197 Å². The number of rotatable bonds is 4. The second-order valence-electron chi connectivity index (χ2n) is 8.74. The van der Waals surface area contributed by atoms with Gasteiger partial charge >= 0.3 is 0 Å². The van der Waals surface area contributed by atoms with Crippen molar-refractivity contribution in [1.29, 1.82) is 5.41 Å². The van der Waals surface area contributed by atoms with E-state index in [2.05, 4.69) is 15.6 Å². The van der Waals surface area contributed by atoms with Crippen molar-refractivity contribution in [3.8, 4) is 5.75 Å².